The molecule has 6 nitrogen and oxygen atoms in total. The Morgan fingerprint density at radius 3 is 2.65 bits per heavy atom. The molecule has 23 heavy (non-hydrogen) atoms. The summed E-state index contributed by atoms with van der Waals surface area (Å²) >= 11 is 0. The Hall–Kier alpha value is -2.60. The highest BCUT2D eigenvalue weighted by molar-refractivity contribution is 5.85. The number of rotatable bonds is 6. The van der Waals surface area contributed by atoms with Crippen LogP contribution in [0.15, 0.2) is 30.6 Å². The lowest BCUT2D eigenvalue weighted by molar-refractivity contribution is 0.311. The molecule has 0 saturated carbocycles. The van der Waals surface area contributed by atoms with Crippen LogP contribution in [0.25, 0.3) is 10.9 Å². The second kappa shape index (κ2) is 6.66. The number of aryl methyl sites for hydroxylation is 2. The first-order chi connectivity index (χ1) is 11.2. The molecule has 0 atom stereocenters. The topological polar surface area (TPSA) is 85.9 Å². The monoisotopic (exact) mass is 311 g/mol. The Bertz CT molecular complexity index is 812. The van der Waals surface area contributed by atoms with Crippen molar-refractivity contribution in [2.75, 3.05) is 23.8 Å². The summed E-state index contributed by atoms with van der Waals surface area (Å²) in [5, 5.41) is 16.4. The van der Waals surface area contributed by atoms with Crippen LogP contribution in [0.5, 0.6) is 0 Å². The van der Waals surface area contributed by atoms with E-state index in [1.54, 1.807) is 0 Å². The van der Waals surface area contributed by atoms with Gasteiger partial charge >= 0.3 is 0 Å². The van der Waals surface area contributed by atoms with Crippen molar-refractivity contribution in [2.45, 2.75) is 20.4 Å². The summed E-state index contributed by atoms with van der Waals surface area (Å²) in [5.41, 5.74) is 4.87. The van der Waals surface area contributed by atoms with Crippen molar-refractivity contribution in [3.05, 3.63) is 47.4 Å². The van der Waals surface area contributed by atoms with Gasteiger partial charge in [-0.05, 0) is 37.1 Å². The van der Waals surface area contributed by atoms with E-state index >= 15 is 0 Å². The van der Waals surface area contributed by atoms with E-state index in [0.29, 0.717) is 18.9 Å². The first kappa shape index (κ1) is 15.3. The number of nitrogens with zero attached hydrogens (tertiary/aromatic N) is 2. The molecule has 0 bridgehead atoms. The Balaban J connectivity index is 1.71. The fourth-order valence-corrected chi connectivity index (χ4v) is 2.55. The van der Waals surface area contributed by atoms with Crippen LogP contribution in [0.1, 0.15) is 16.8 Å². The van der Waals surface area contributed by atoms with Crippen LogP contribution in [-0.2, 0) is 6.54 Å². The standard InChI is InChI=1S/C17H21N5O/c1-11-12(2)22-15-4-3-13(7-14(11)15)9-19-17-8-16(18-5-6-23)20-10-21-17/h3-4,7-8,10,22-23H,5-6,9H2,1-2H3,(H2,18,19,20,21). The fourth-order valence-electron chi connectivity index (χ4n) is 2.55. The molecule has 4 N–H and O–H groups in total. The number of fused-ring (bicyclic) bond motifs is 1. The molecule has 0 unspecified atom stereocenters. The highest BCUT2D eigenvalue weighted by Crippen LogP contribution is 2.22. The second-order valence-electron chi connectivity index (χ2n) is 5.55. The van der Waals surface area contributed by atoms with Gasteiger partial charge in [-0.2, -0.15) is 0 Å². The zero-order chi connectivity index (χ0) is 16.2. The van der Waals surface area contributed by atoms with Gasteiger partial charge in [0.25, 0.3) is 0 Å². The molecule has 2 aromatic heterocycles. The fraction of sp³-hybridized carbons (Fsp3) is 0.294. The van der Waals surface area contributed by atoms with E-state index in [0.717, 1.165) is 5.82 Å². The lowest BCUT2D eigenvalue weighted by Crippen LogP contribution is -2.08. The Morgan fingerprint density at radius 2 is 1.87 bits per heavy atom. The van der Waals surface area contributed by atoms with Gasteiger partial charge in [-0.3, -0.25) is 0 Å². The van der Waals surface area contributed by atoms with E-state index in [-0.39, 0.29) is 6.61 Å². The van der Waals surface area contributed by atoms with Gasteiger partial charge in [0.2, 0.25) is 0 Å². The molecule has 6 heteroatoms. The van der Waals surface area contributed by atoms with Crippen molar-refractivity contribution in [2.24, 2.45) is 0 Å². The van der Waals surface area contributed by atoms with Crippen molar-refractivity contribution in [3.63, 3.8) is 0 Å². The molecule has 0 aliphatic heterocycles. The molecular weight excluding hydrogens is 290 g/mol. The van der Waals surface area contributed by atoms with Crippen molar-refractivity contribution in [1.29, 1.82) is 0 Å². The average Bonchev–Trinajstić information content (AvgIpc) is 2.86. The van der Waals surface area contributed by atoms with Crippen LogP contribution < -0.4 is 10.6 Å². The largest absolute Gasteiger partial charge is 0.395 e. The highest BCUT2D eigenvalue weighted by atomic mass is 16.3. The van der Waals surface area contributed by atoms with E-state index in [9.17, 15) is 0 Å². The highest BCUT2D eigenvalue weighted by Gasteiger charge is 2.05. The molecule has 120 valence electrons. The summed E-state index contributed by atoms with van der Waals surface area (Å²) in [6.07, 6.45) is 1.50. The lowest BCUT2D eigenvalue weighted by atomic mass is 10.1. The van der Waals surface area contributed by atoms with Crippen LogP contribution in [0.4, 0.5) is 11.6 Å². The molecule has 0 spiro atoms. The Morgan fingerprint density at radius 1 is 1.09 bits per heavy atom. The van der Waals surface area contributed by atoms with Crippen LogP contribution >= 0.6 is 0 Å². The second-order valence-corrected chi connectivity index (χ2v) is 5.55. The zero-order valence-electron chi connectivity index (χ0n) is 13.3. The van der Waals surface area contributed by atoms with Gasteiger partial charge in [0.1, 0.15) is 18.0 Å². The van der Waals surface area contributed by atoms with Crippen LogP contribution in [0.2, 0.25) is 0 Å². The van der Waals surface area contributed by atoms with Gasteiger partial charge in [-0.1, -0.05) is 6.07 Å². The van der Waals surface area contributed by atoms with E-state index in [4.69, 9.17) is 5.11 Å². The molecule has 0 aliphatic carbocycles. The predicted molar refractivity (Wildman–Crippen MR) is 92.7 cm³/mol. The number of aliphatic hydroxyl groups excluding tert-OH is 1. The first-order valence-corrected chi connectivity index (χ1v) is 7.66. The van der Waals surface area contributed by atoms with Crippen molar-refractivity contribution in [1.82, 2.24) is 15.0 Å². The van der Waals surface area contributed by atoms with E-state index in [1.807, 2.05) is 6.07 Å². The minimum Gasteiger partial charge on any atom is -0.395 e. The zero-order valence-corrected chi connectivity index (χ0v) is 13.3. The first-order valence-electron chi connectivity index (χ1n) is 7.66. The van der Waals surface area contributed by atoms with Gasteiger partial charge in [0, 0.05) is 35.8 Å². The van der Waals surface area contributed by atoms with E-state index in [1.165, 1.54) is 34.1 Å². The van der Waals surface area contributed by atoms with Crippen molar-refractivity contribution >= 4 is 22.5 Å². The van der Waals surface area contributed by atoms with Gasteiger partial charge < -0.3 is 20.7 Å². The summed E-state index contributed by atoms with van der Waals surface area (Å²) in [5.74, 6) is 1.45. The maximum atomic E-state index is 8.84. The van der Waals surface area contributed by atoms with Gasteiger partial charge in [-0.25, -0.2) is 9.97 Å². The van der Waals surface area contributed by atoms with E-state index < -0.39 is 0 Å². The maximum Gasteiger partial charge on any atom is 0.131 e. The summed E-state index contributed by atoms with van der Waals surface area (Å²) in [6, 6.07) is 8.25. The van der Waals surface area contributed by atoms with Crippen LogP contribution in [0.3, 0.4) is 0 Å². The molecular formula is C17H21N5O. The third-order valence-corrected chi connectivity index (χ3v) is 3.93. The molecule has 0 radical (unpaired) electrons. The quantitative estimate of drug-likeness (QED) is 0.562. The minimum atomic E-state index is 0.0716. The molecule has 3 rings (SSSR count). The molecule has 0 fully saturated rings. The number of nitrogens with one attached hydrogen (secondary N) is 3. The van der Waals surface area contributed by atoms with Crippen molar-refractivity contribution < 1.29 is 5.11 Å². The maximum absolute atomic E-state index is 8.84. The number of H-pyrrole nitrogens is 1. The third-order valence-electron chi connectivity index (χ3n) is 3.93. The number of aliphatic hydroxyl groups is 1. The summed E-state index contributed by atoms with van der Waals surface area (Å²) in [6.45, 7) is 5.46. The Labute approximate surface area is 135 Å². The number of aromatic amines is 1. The van der Waals surface area contributed by atoms with Gasteiger partial charge in [0.05, 0.1) is 6.61 Å². The molecule has 2 heterocycles. The SMILES string of the molecule is Cc1[nH]c2ccc(CNc3cc(NCCO)ncn3)cc2c1C. The third kappa shape index (κ3) is 3.43. The number of benzene rings is 1. The number of anilines is 2. The predicted octanol–water partition coefficient (Wildman–Crippen LogP) is 2.59. The molecule has 0 aliphatic rings. The summed E-state index contributed by atoms with van der Waals surface area (Å²) < 4.78 is 0. The average molecular weight is 311 g/mol. The molecule has 3 aromatic rings. The van der Waals surface area contributed by atoms with Crippen molar-refractivity contribution in [3.8, 4) is 0 Å². The summed E-state index contributed by atoms with van der Waals surface area (Å²) in [4.78, 5) is 11.7. The Kier molecular flexibility index (Phi) is 4.43. The smallest absolute Gasteiger partial charge is 0.131 e. The number of hydrogen-bond donors (Lipinski definition) is 4. The summed E-state index contributed by atoms with van der Waals surface area (Å²) in [7, 11) is 0. The minimum absolute atomic E-state index is 0.0716. The normalized spacial score (nSPS) is 10.9. The number of aromatic nitrogens is 3. The van der Waals surface area contributed by atoms with Crippen LogP contribution in [-0.4, -0.2) is 33.2 Å². The van der Waals surface area contributed by atoms with E-state index in [2.05, 4.69) is 57.6 Å². The van der Waals surface area contributed by atoms with Crippen LogP contribution in [0, 0.1) is 13.8 Å². The van der Waals surface area contributed by atoms with Gasteiger partial charge in [-0.15, -0.1) is 0 Å². The number of hydrogen-bond acceptors (Lipinski definition) is 5. The molecule has 0 saturated heterocycles. The molecule has 1 aromatic carbocycles. The lowest BCUT2D eigenvalue weighted by Gasteiger charge is -2.08. The molecule has 0 amide bonds. The van der Waals surface area contributed by atoms with Gasteiger partial charge in [0.15, 0.2) is 0 Å².